The molecular weight excluding hydrogens is 374 g/mol. The number of anilines is 2. The smallest absolute Gasteiger partial charge is 0.246 e. The molecule has 0 radical (unpaired) electrons. The fourth-order valence-electron chi connectivity index (χ4n) is 4.27. The first kappa shape index (κ1) is 20.4. The highest BCUT2D eigenvalue weighted by molar-refractivity contribution is 5.92. The van der Waals surface area contributed by atoms with Gasteiger partial charge in [-0.05, 0) is 62.4 Å². The Morgan fingerprint density at radius 3 is 2.40 bits per heavy atom. The first-order valence-electron chi connectivity index (χ1n) is 11.0. The Morgan fingerprint density at radius 1 is 0.967 bits per heavy atom. The minimum Gasteiger partial charge on any atom is -0.352 e. The summed E-state index contributed by atoms with van der Waals surface area (Å²) in [6.45, 7) is 8.33. The summed E-state index contributed by atoms with van der Waals surface area (Å²) >= 11 is 0. The van der Waals surface area contributed by atoms with Gasteiger partial charge in [-0.1, -0.05) is 24.3 Å². The molecule has 3 heterocycles. The molecule has 0 aliphatic carbocycles. The standard InChI is InChI=1S/C24H31N5O/c1-19-7-3-4-9-21(19)10-13-24(30)28-17-15-27(16-18-28)22-11-12-23(26-25-22)29-14-6-5-8-20(29)2/h3-4,7,9-13,20H,5-6,8,14-18H2,1-2H3/b13-10+. The van der Waals surface area contributed by atoms with Gasteiger partial charge in [-0.2, -0.15) is 0 Å². The van der Waals surface area contributed by atoms with E-state index in [1.165, 1.54) is 24.8 Å². The van der Waals surface area contributed by atoms with Gasteiger partial charge in [0.15, 0.2) is 11.6 Å². The molecule has 0 bridgehead atoms. The maximum atomic E-state index is 12.6. The Labute approximate surface area is 179 Å². The molecule has 158 valence electrons. The highest BCUT2D eigenvalue weighted by atomic mass is 16.2. The Hall–Kier alpha value is -2.89. The minimum atomic E-state index is 0.0680. The zero-order chi connectivity index (χ0) is 20.9. The molecule has 1 unspecified atom stereocenters. The number of benzene rings is 1. The van der Waals surface area contributed by atoms with Crippen molar-refractivity contribution in [2.24, 2.45) is 0 Å². The van der Waals surface area contributed by atoms with Crippen molar-refractivity contribution in [3.05, 3.63) is 53.6 Å². The highest BCUT2D eigenvalue weighted by Gasteiger charge is 2.23. The van der Waals surface area contributed by atoms with Crippen molar-refractivity contribution in [2.45, 2.75) is 39.2 Å². The van der Waals surface area contributed by atoms with E-state index in [4.69, 9.17) is 0 Å². The maximum absolute atomic E-state index is 12.6. The lowest BCUT2D eigenvalue weighted by molar-refractivity contribution is -0.126. The van der Waals surface area contributed by atoms with E-state index in [1.807, 2.05) is 29.2 Å². The van der Waals surface area contributed by atoms with E-state index < -0.39 is 0 Å². The number of nitrogens with zero attached hydrogens (tertiary/aromatic N) is 5. The molecular formula is C24H31N5O. The molecule has 1 atom stereocenters. The third-order valence-electron chi connectivity index (χ3n) is 6.24. The van der Waals surface area contributed by atoms with Crippen LogP contribution in [0, 0.1) is 6.92 Å². The number of rotatable bonds is 4. The van der Waals surface area contributed by atoms with Crippen LogP contribution in [0.25, 0.3) is 6.08 Å². The summed E-state index contributed by atoms with van der Waals surface area (Å²) in [4.78, 5) is 19.0. The summed E-state index contributed by atoms with van der Waals surface area (Å²) in [5, 5.41) is 8.98. The molecule has 30 heavy (non-hydrogen) atoms. The van der Waals surface area contributed by atoms with Crippen molar-refractivity contribution >= 4 is 23.6 Å². The predicted octanol–water partition coefficient (Wildman–Crippen LogP) is 3.53. The maximum Gasteiger partial charge on any atom is 0.246 e. The van der Waals surface area contributed by atoms with Gasteiger partial charge in [0.05, 0.1) is 0 Å². The van der Waals surface area contributed by atoms with Gasteiger partial charge < -0.3 is 14.7 Å². The van der Waals surface area contributed by atoms with Gasteiger partial charge in [0.25, 0.3) is 0 Å². The zero-order valence-corrected chi connectivity index (χ0v) is 18.0. The van der Waals surface area contributed by atoms with Crippen molar-refractivity contribution in [1.29, 1.82) is 0 Å². The zero-order valence-electron chi connectivity index (χ0n) is 18.0. The van der Waals surface area contributed by atoms with Crippen LogP contribution in [-0.4, -0.2) is 59.8 Å². The van der Waals surface area contributed by atoms with Gasteiger partial charge in [0, 0.05) is 44.8 Å². The SMILES string of the molecule is Cc1ccccc1/C=C/C(=O)N1CCN(c2ccc(N3CCCCC3C)nn2)CC1. The van der Waals surface area contributed by atoms with E-state index in [2.05, 4.69) is 52.0 Å². The van der Waals surface area contributed by atoms with Gasteiger partial charge in [0.2, 0.25) is 5.91 Å². The monoisotopic (exact) mass is 405 g/mol. The summed E-state index contributed by atoms with van der Waals surface area (Å²) in [6.07, 6.45) is 7.34. The first-order valence-corrected chi connectivity index (χ1v) is 11.0. The number of aromatic nitrogens is 2. The molecule has 0 N–H and O–H groups in total. The van der Waals surface area contributed by atoms with Crippen LogP contribution in [0.3, 0.4) is 0 Å². The quantitative estimate of drug-likeness (QED) is 0.729. The largest absolute Gasteiger partial charge is 0.352 e. The molecule has 0 spiro atoms. The molecule has 1 amide bonds. The van der Waals surface area contributed by atoms with Crippen molar-refractivity contribution in [3.8, 4) is 0 Å². The summed E-state index contributed by atoms with van der Waals surface area (Å²) < 4.78 is 0. The van der Waals surface area contributed by atoms with E-state index in [9.17, 15) is 4.79 Å². The molecule has 1 aromatic heterocycles. The van der Waals surface area contributed by atoms with Gasteiger partial charge >= 0.3 is 0 Å². The number of hydrogen-bond donors (Lipinski definition) is 0. The van der Waals surface area contributed by atoms with Crippen LogP contribution in [0.1, 0.15) is 37.3 Å². The van der Waals surface area contributed by atoms with Crippen LogP contribution < -0.4 is 9.80 Å². The highest BCUT2D eigenvalue weighted by Crippen LogP contribution is 2.23. The Morgan fingerprint density at radius 2 is 1.70 bits per heavy atom. The normalized spacial score (nSPS) is 20.1. The second kappa shape index (κ2) is 9.28. The van der Waals surface area contributed by atoms with Crippen LogP contribution in [0.2, 0.25) is 0 Å². The fourth-order valence-corrected chi connectivity index (χ4v) is 4.27. The van der Waals surface area contributed by atoms with Crippen LogP contribution >= 0.6 is 0 Å². The molecule has 2 aliphatic rings. The summed E-state index contributed by atoms with van der Waals surface area (Å²) in [5.74, 6) is 1.94. The molecule has 2 fully saturated rings. The van der Waals surface area contributed by atoms with Crippen molar-refractivity contribution < 1.29 is 4.79 Å². The minimum absolute atomic E-state index is 0.0680. The van der Waals surface area contributed by atoms with Crippen LogP contribution in [0.15, 0.2) is 42.5 Å². The lowest BCUT2D eigenvalue weighted by atomic mass is 10.0. The van der Waals surface area contributed by atoms with Crippen molar-refractivity contribution in [2.75, 3.05) is 42.5 Å². The van der Waals surface area contributed by atoms with Crippen molar-refractivity contribution in [1.82, 2.24) is 15.1 Å². The number of aryl methyl sites for hydroxylation is 1. The third-order valence-corrected chi connectivity index (χ3v) is 6.24. The average molecular weight is 406 g/mol. The van der Waals surface area contributed by atoms with Gasteiger partial charge in [-0.3, -0.25) is 4.79 Å². The second-order valence-electron chi connectivity index (χ2n) is 8.29. The number of carbonyl (C=O) groups excluding carboxylic acids is 1. The number of piperazine rings is 1. The molecule has 2 saturated heterocycles. The topological polar surface area (TPSA) is 52.6 Å². The average Bonchev–Trinajstić information content (AvgIpc) is 2.79. The van der Waals surface area contributed by atoms with Crippen LogP contribution in [-0.2, 0) is 4.79 Å². The molecule has 2 aliphatic heterocycles. The Balaban J connectivity index is 1.32. The summed E-state index contributed by atoms with van der Waals surface area (Å²) in [5.41, 5.74) is 2.26. The first-order chi connectivity index (χ1) is 14.6. The summed E-state index contributed by atoms with van der Waals surface area (Å²) in [6, 6.07) is 12.8. The van der Waals surface area contributed by atoms with Crippen LogP contribution in [0.5, 0.6) is 0 Å². The van der Waals surface area contributed by atoms with Gasteiger partial charge in [-0.15, -0.1) is 10.2 Å². The number of amides is 1. The third kappa shape index (κ3) is 4.64. The number of piperidine rings is 1. The molecule has 6 heteroatoms. The molecule has 0 saturated carbocycles. The van der Waals surface area contributed by atoms with E-state index in [0.717, 1.165) is 36.8 Å². The molecule has 6 nitrogen and oxygen atoms in total. The number of hydrogen-bond acceptors (Lipinski definition) is 5. The Bertz CT molecular complexity index is 887. The summed E-state index contributed by atoms with van der Waals surface area (Å²) in [7, 11) is 0. The Kier molecular flexibility index (Phi) is 6.31. The molecule has 2 aromatic rings. The van der Waals surface area contributed by atoms with Gasteiger partial charge in [-0.25, -0.2) is 0 Å². The molecule has 1 aromatic carbocycles. The van der Waals surface area contributed by atoms with E-state index in [0.29, 0.717) is 19.1 Å². The number of carbonyl (C=O) groups is 1. The van der Waals surface area contributed by atoms with E-state index in [1.54, 1.807) is 6.08 Å². The second-order valence-corrected chi connectivity index (χ2v) is 8.29. The van der Waals surface area contributed by atoms with E-state index >= 15 is 0 Å². The van der Waals surface area contributed by atoms with Gasteiger partial charge in [0.1, 0.15) is 0 Å². The van der Waals surface area contributed by atoms with Crippen molar-refractivity contribution in [3.63, 3.8) is 0 Å². The molecule has 4 rings (SSSR count). The lowest BCUT2D eigenvalue weighted by Gasteiger charge is -2.36. The van der Waals surface area contributed by atoms with E-state index in [-0.39, 0.29) is 5.91 Å². The lowest BCUT2D eigenvalue weighted by Crippen LogP contribution is -2.48. The van der Waals surface area contributed by atoms with Crippen LogP contribution in [0.4, 0.5) is 11.6 Å². The fraction of sp³-hybridized carbons (Fsp3) is 0.458. The predicted molar refractivity (Wildman–Crippen MR) is 122 cm³/mol.